The fraction of sp³-hybridized carbons (Fsp3) is 0.706. The third-order valence-corrected chi connectivity index (χ3v) is 54.8. The molecule has 3 atom stereocenters. The van der Waals surface area contributed by atoms with Gasteiger partial charge in [0.25, 0.3) is 10.1 Å². The van der Waals surface area contributed by atoms with Crippen LogP contribution in [-0.4, -0.2) is 183 Å². The molecule has 2 aliphatic heterocycles. The fourth-order valence-electron chi connectivity index (χ4n) is 9.06. The van der Waals surface area contributed by atoms with Crippen LogP contribution in [0.2, 0.25) is 0 Å². The maximum atomic E-state index is 13.1. The Labute approximate surface area is 792 Å². The van der Waals surface area contributed by atoms with Crippen molar-refractivity contribution in [3.8, 4) is 0 Å². The molecule has 0 spiro atoms. The lowest BCUT2D eigenvalue weighted by atomic mass is 9.87. The van der Waals surface area contributed by atoms with Crippen LogP contribution in [0.25, 0.3) is 0 Å². The van der Waals surface area contributed by atoms with Crippen LogP contribution in [0.3, 0.4) is 0 Å². The summed E-state index contributed by atoms with van der Waals surface area (Å²) in [5, 5.41) is 24.3. The van der Waals surface area contributed by atoms with Crippen LogP contribution >= 0.6 is 108 Å². The number of thiol groups is 1. The number of esters is 1. The standard InChI is InChI=1S/C17H20OP2S3.C15H24NPS2.C9H17NO3.C9H17NO2S.C8H18O3S2.C8H14O2S.C7H16O2S2.C6H12OS.C5H12O3S2.CH4/c1-13-5-9-15(10-6-13)19(18)22-20(21,23-19)16-11-7-14(8-12-16)17(2,3)4;1-15(2,3)13-7-9-14(10-8-13)17(18,19)16-11-5-4-6-12-16;1-4-7(9(12)13)10-8(11)5-6(2)3;1-6(2)10-8(9(11)12)5-4-7(3)13;1-8(2,3)11-6-5-7-12-13(4,9)10;1-6(11)5-10-7(9)8(2,3)4;1-7(2,3)5-6-10-11(4,8)9;1-5(2)7-4-6(3)8;1-5(2)8-10(6,7)4-3-9;/h5-12H,1-4H3;7-10H,4-6,11-12H2,1-3H3,(H,18,19);6-7H,4-5H2,1-3H3,(H,10,11)(H,12,13);6,8,10H,4-5H2,1-3H3,(H,11,12);5-7H2,1-4H3;5H2,1-4H3;5-6H2,1-4H3;5H,4H2,1-3H3;5,9H,3-4H2,1-2H3;1H4/p-1. The molecule has 2 aliphatic rings. The third-order valence-electron chi connectivity index (χ3n) is 15.4. The summed E-state index contributed by atoms with van der Waals surface area (Å²) in [6.45, 7) is 59.0. The van der Waals surface area contributed by atoms with E-state index in [2.05, 4.69) is 143 Å². The zero-order valence-corrected chi connectivity index (χ0v) is 91.9. The van der Waals surface area contributed by atoms with E-state index in [0.29, 0.717) is 67.1 Å². The first-order chi connectivity index (χ1) is 54.7. The van der Waals surface area contributed by atoms with Crippen LogP contribution in [-0.2, 0) is 117 Å². The summed E-state index contributed by atoms with van der Waals surface area (Å²) in [6.07, 6.45) is 10.1. The summed E-state index contributed by atoms with van der Waals surface area (Å²) < 4.78 is 98.1. The van der Waals surface area contributed by atoms with E-state index >= 15 is 0 Å². The van der Waals surface area contributed by atoms with Crippen LogP contribution < -0.4 is 26.5 Å². The average molecular weight is 2030 g/mol. The lowest BCUT2D eigenvalue weighted by molar-refractivity contribution is -0.151. The zero-order valence-electron chi connectivity index (χ0n) is 77.7. The summed E-state index contributed by atoms with van der Waals surface area (Å²) in [7, 11) is -7.01. The second kappa shape index (κ2) is 62.5. The number of piperidine rings is 1. The van der Waals surface area contributed by atoms with Gasteiger partial charge >= 0.3 is 17.9 Å². The molecule has 0 saturated carbocycles. The Morgan fingerprint density at radius 1 is 0.664 bits per heavy atom. The molecule has 0 aliphatic carbocycles. The Morgan fingerprint density at radius 2 is 1.11 bits per heavy atom. The molecule has 3 aromatic carbocycles. The second-order valence-electron chi connectivity index (χ2n) is 35.4. The van der Waals surface area contributed by atoms with Crippen LogP contribution in [0.5, 0.6) is 0 Å². The lowest BCUT2D eigenvalue weighted by Gasteiger charge is -2.43. The zero-order chi connectivity index (χ0) is 95.3. The fourth-order valence-corrected chi connectivity index (χ4v) is 49.5. The quantitative estimate of drug-likeness (QED) is 0.00567. The number of hydrogen-bond donors (Lipinski definition) is 5. The summed E-state index contributed by atoms with van der Waals surface area (Å²) in [5.41, 5.74) is 1.43. The van der Waals surface area contributed by atoms with Crippen LogP contribution in [0.1, 0.15) is 269 Å². The molecule has 0 aromatic heterocycles. The first-order valence-electron chi connectivity index (χ1n) is 40.3. The third kappa shape index (κ3) is 69.0. The smallest absolute Gasteiger partial charge is 0.326 e. The molecule has 1 amide bonds. The van der Waals surface area contributed by atoms with Crippen molar-refractivity contribution in [3.63, 3.8) is 0 Å². The average Bonchev–Trinajstić information content (AvgIpc) is 0.728. The number of aryl methyl sites for hydroxylation is 1. The number of carboxylic acid groups (broad SMARTS) is 2. The minimum absolute atomic E-state index is 0. The highest BCUT2D eigenvalue weighted by molar-refractivity contribution is 9.44. The Hall–Kier alpha value is -0.910. The highest BCUT2D eigenvalue weighted by Crippen LogP contribution is 3.03. The molecule has 2 fully saturated rings. The maximum absolute atomic E-state index is 13.1. The van der Waals surface area contributed by atoms with E-state index < -0.39 is 72.7 Å². The molecular formula is C85H153N3O17P3S14-. The molecular weight excluding hydrogens is 1880 g/mol. The normalized spacial score (nSPS) is 16.5. The largest absolute Gasteiger partial charge is 0.727 e. The van der Waals surface area contributed by atoms with Crippen molar-refractivity contribution < 1.29 is 77.6 Å². The summed E-state index contributed by atoms with van der Waals surface area (Å²) >= 11 is 38.8. The monoisotopic (exact) mass is 2030 g/mol. The van der Waals surface area contributed by atoms with Gasteiger partial charge in [-0.3, -0.25) is 27.8 Å². The van der Waals surface area contributed by atoms with E-state index in [9.17, 15) is 49.0 Å². The topological polar surface area (TPSA) is 292 Å². The van der Waals surface area contributed by atoms with Crippen molar-refractivity contribution in [2.75, 3.05) is 68.4 Å². The van der Waals surface area contributed by atoms with Gasteiger partial charge in [-0.25, -0.2) is 21.6 Å². The Bertz CT molecular complexity index is 4060. The van der Waals surface area contributed by atoms with Crippen molar-refractivity contribution >= 4 is 226 Å². The van der Waals surface area contributed by atoms with Gasteiger partial charge in [0, 0.05) is 82.3 Å². The summed E-state index contributed by atoms with van der Waals surface area (Å²) in [6, 6.07) is 24.3. The summed E-state index contributed by atoms with van der Waals surface area (Å²) in [4.78, 5) is 46.0. The Kier molecular flexibility index (Phi) is 66.4. The molecule has 710 valence electrons. The Balaban J connectivity index is -0.000000429. The number of nitrogens with zero attached hydrogens (tertiary/aromatic N) is 1. The van der Waals surface area contributed by atoms with E-state index in [0.717, 1.165) is 62.6 Å². The van der Waals surface area contributed by atoms with Gasteiger partial charge in [0.2, 0.25) is 11.5 Å². The highest BCUT2D eigenvalue weighted by Gasteiger charge is 2.50. The van der Waals surface area contributed by atoms with Crippen molar-refractivity contribution in [3.05, 3.63) is 89.5 Å². The maximum Gasteiger partial charge on any atom is 0.326 e. The second-order valence-corrected chi connectivity index (χ2v) is 72.9. The summed E-state index contributed by atoms with van der Waals surface area (Å²) in [5.74, 6) is -0.331. The number of rotatable bonds is 32. The molecule has 122 heavy (non-hydrogen) atoms. The minimum Gasteiger partial charge on any atom is -0.727 e. The van der Waals surface area contributed by atoms with Gasteiger partial charge in [-0.1, -0.05) is 231 Å². The number of aliphatic carboxylic acids is 2. The number of amides is 1. The molecule has 5 rings (SSSR count). The number of ether oxygens (including phenoxy) is 3. The van der Waals surface area contributed by atoms with Crippen molar-refractivity contribution in [2.45, 2.75) is 306 Å². The number of carboxylic acids is 2. The SMILES string of the molecule is C.CC(=S)CCC(NC(C)C)C(=O)O.CC(=S)COC(=O)C(C)(C)C.CC(=S)COC(C)C.CC(C)(C)CCSS(C)(=O)=O.CC(C)(C)OCCCSS(C)(=O)=O.CC(C)(C)c1ccc(P(=S)([S-])N2CCCCC2)cc1.CC(C)OS(=O)(=O)CCS.CCC(NC(=O)CC(C)C)C(=O)O.Cc1ccc(P2(=O)SP(=S)(c3ccc(C(C)(C)C)cc3)S2)cc1. The van der Waals surface area contributed by atoms with E-state index in [4.69, 9.17) is 96.9 Å². The van der Waals surface area contributed by atoms with Crippen LogP contribution in [0.15, 0.2) is 72.8 Å². The number of hydrogen-bond acceptors (Lipinski definition) is 27. The van der Waals surface area contributed by atoms with Crippen molar-refractivity contribution in [1.82, 2.24) is 15.3 Å². The van der Waals surface area contributed by atoms with Gasteiger partial charge in [0.15, 0.2) is 17.7 Å². The number of carbonyl (C=O) groups is 4. The molecule has 3 unspecified atom stereocenters. The van der Waals surface area contributed by atoms with Gasteiger partial charge in [-0.2, -0.15) is 21.0 Å². The highest BCUT2D eigenvalue weighted by atomic mass is 33.7. The molecule has 4 N–H and O–H groups in total. The first-order valence-corrected chi connectivity index (χ1v) is 62.9. The van der Waals surface area contributed by atoms with Gasteiger partial charge in [-0.05, 0) is 241 Å². The molecule has 2 heterocycles. The van der Waals surface area contributed by atoms with Crippen LogP contribution in [0.4, 0.5) is 0 Å². The van der Waals surface area contributed by atoms with Gasteiger partial charge < -0.3 is 47.3 Å². The minimum atomic E-state index is -3.31. The Morgan fingerprint density at radius 3 is 1.45 bits per heavy atom. The van der Waals surface area contributed by atoms with Gasteiger partial charge in [0.1, 0.15) is 23.1 Å². The predicted octanol–water partition coefficient (Wildman–Crippen LogP) is 21.9. The molecule has 0 bridgehead atoms. The molecule has 0 radical (unpaired) electrons. The lowest BCUT2D eigenvalue weighted by Crippen LogP contribution is -2.40. The van der Waals surface area contributed by atoms with E-state index in [1.165, 1.54) is 59.1 Å². The molecule has 2 saturated heterocycles. The number of nitrogens with one attached hydrogen (secondary N) is 2. The van der Waals surface area contributed by atoms with Crippen LogP contribution in [0, 0.1) is 23.7 Å². The van der Waals surface area contributed by atoms with E-state index in [1.807, 2.05) is 128 Å². The van der Waals surface area contributed by atoms with Gasteiger partial charge in [0.05, 0.1) is 35.6 Å². The molecule has 3 aromatic rings. The number of carbonyl (C=O) groups excluding carboxylic acids is 2. The number of benzene rings is 3. The molecule has 20 nitrogen and oxygen atoms in total. The first kappa shape index (κ1) is 130. The van der Waals surface area contributed by atoms with Crippen molar-refractivity contribution in [2.24, 2.45) is 16.7 Å². The predicted molar refractivity (Wildman–Crippen MR) is 559 cm³/mol. The van der Waals surface area contributed by atoms with Gasteiger partial charge in [-0.15, -0.1) is 11.8 Å². The van der Waals surface area contributed by atoms with E-state index in [1.54, 1.807) is 49.7 Å². The van der Waals surface area contributed by atoms with Crippen molar-refractivity contribution in [1.29, 1.82) is 0 Å². The molecule has 37 heteroatoms. The van der Waals surface area contributed by atoms with E-state index in [-0.39, 0.29) is 71.6 Å². The number of thiocarbonyl (C=S) groups is 3.